The monoisotopic (exact) mass is 480 g/mol. The predicted molar refractivity (Wildman–Crippen MR) is 109 cm³/mol. The van der Waals surface area contributed by atoms with Crippen molar-refractivity contribution in [1.29, 1.82) is 0 Å². The first-order valence-corrected chi connectivity index (χ1v) is 10.3. The number of piperidine rings is 1. The Morgan fingerprint density at radius 1 is 1.18 bits per heavy atom. The Bertz CT molecular complexity index is 1410. The van der Waals surface area contributed by atoms with E-state index in [1.807, 2.05) is 0 Å². The highest BCUT2D eigenvalue weighted by molar-refractivity contribution is 5.99. The Labute approximate surface area is 188 Å². The maximum absolute atomic E-state index is 14.1. The van der Waals surface area contributed by atoms with Gasteiger partial charge in [0.2, 0.25) is 0 Å². The molecular formula is C21H17F5N6O2. The molecule has 0 bridgehead atoms. The first-order valence-electron chi connectivity index (χ1n) is 10.3. The van der Waals surface area contributed by atoms with E-state index in [1.54, 1.807) is 0 Å². The SMILES string of the molecule is O=C(c1cc2c(cn1)c(-c1cnc3c(F)cc(F)cn13)nn2CC(F)(F)F)N1CCCC(O)C1. The number of amides is 1. The van der Waals surface area contributed by atoms with Crippen LogP contribution in [-0.2, 0) is 6.54 Å². The van der Waals surface area contributed by atoms with E-state index in [0.29, 0.717) is 30.1 Å². The van der Waals surface area contributed by atoms with Crippen LogP contribution in [0.25, 0.3) is 27.9 Å². The molecule has 0 spiro atoms. The van der Waals surface area contributed by atoms with Crippen molar-refractivity contribution in [3.05, 3.63) is 48.1 Å². The minimum Gasteiger partial charge on any atom is -0.391 e. The van der Waals surface area contributed by atoms with Crippen LogP contribution in [0.2, 0.25) is 0 Å². The Morgan fingerprint density at radius 2 is 1.97 bits per heavy atom. The van der Waals surface area contributed by atoms with Crippen molar-refractivity contribution in [1.82, 2.24) is 29.0 Å². The van der Waals surface area contributed by atoms with E-state index in [9.17, 15) is 31.9 Å². The third-order valence-corrected chi connectivity index (χ3v) is 5.64. The zero-order valence-electron chi connectivity index (χ0n) is 17.4. The number of hydrogen-bond donors (Lipinski definition) is 1. The zero-order chi connectivity index (χ0) is 24.2. The summed E-state index contributed by atoms with van der Waals surface area (Å²) in [6, 6.07) is 1.84. The number of halogens is 5. The molecule has 1 atom stereocenters. The molecular weight excluding hydrogens is 463 g/mol. The highest BCUT2D eigenvalue weighted by atomic mass is 19.4. The average molecular weight is 480 g/mol. The van der Waals surface area contributed by atoms with Gasteiger partial charge in [-0.2, -0.15) is 18.3 Å². The fraction of sp³-hybridized carbons (Fsp3) is 0.333. The summed E-state index contributed by atoms with van der Waals surface area (Å²) in [6.07, 6.45) is -0.843. The van der Waals surface area contributed by atoms with Crippen LogP contribution < -0.4 is 0 Å². The topological polar surface area (TPSA) is 88.6 Å². The third-order valence-electron chi connectivity index (χ3n) is 5.64. The Morgan fingerprint density at radius 3 is 2.71 bits per heavy atom. The summed E-state index contributed by atoms with van der Waals surface area (Å²) in [6.45, 7) is -0.963. The van der Waals surface area contributed by atoms with Gasteiger partial charge in [0.25, 0.3) is 5.91 Å². The highest BCUT2D eigenvalue weighted by Crippen LogP contribution is 2.31. The summed E-state index contributed by atoms with van der Waals surface area (Å²) in [5.41, 5.74) is -0.337. The summed E-state index contributed by atoms with van der Waals surface area (Å²) in [5.74, 6) is -2.38. The quantitative estimate of drug-likeness (QED) is 0.455. The van der Waals surface area contributed by atoms with Crippen molar-refractivity contribution in [2.45, 2.75) is 31.7 Å². The van der Waals surface area contributed by atoms with Crippen molar-refractivity contribution in [2.75, 3.05) is 13.1 Å². The van der Waals surface area contributed by atoms with Crippen LogP contribution in [0.1, 0.15) is 23.3 Å². The second kappa shape index (κ2) is 8.01. The molecule has 1 amide bonds. The van der Waals surface area contributed by atoms with E-state index in [1.165, 1.54) is 23.4 Å². The number of rotatable bonds is 3. The normalized spacial score (nSPS) is 17.1. The summed E-state index contributed by atoms with van der Waals surface area (Å²) in [7, 11) is 0. The molecule has 0 saturated carbocycles. The summed E-state index contributed by atoms with van der Waals surface area (Å²) >= 11 is 0. The van der Waals surface area contributed by atoms with Gasteiger partial charge in [0.05, 0.1) is 23.5 Å². The number of carbonyl (C=O) groups excluding carboxylic acids is 1. The molecule has 5 rings (SSSR count). The zero-order valence-corrected chi connectivity index (χ0v) is 17.4. The van der Waals surface area contributed by atoms with E-state index in [0.717, 1.165) is 10.6 Å². The Balaban J connectivity index is 1.65. The minimum atomic E-state index is -4.63. The number of carbonyl (C=O) groups is 1. The Hall–Kier alpha value is -3.61. The van der Waals surface area contributed by atoms with Crippen molar-refractivity contribution in [3.63, 3.8) is 0 Å². The van der Waals surface area contributed by atoms with E-state index < -0.39 is 36.4 Å². The lowest BCUT2D eigenvalue weighted by atomic mass is 10.1. The van der Waals surface area contributed by atoms with Gasteiger partial charge in [-0.25, -0.2) is 13.8 Å². The van der Waals surface area contributed by atoms with Crippen molar-refractivity contribution in [3.8, 4) is 11.4 Å². The molecule has 4 aromatic heterocycles. The molecule has 1 fully saturated rings. The molecule has 178 valence electrons. The number of β-amino-alcohol motifs (C(OH)–C–C–N with tert-alkyl or cyclic N) is 1. The van der Waals surface area contributed by atoms with Gasteiger partial charge >= 0.3 is 6.18 Å². The summed E-state index contributed by atoms with van der Waals surface area (Å²) in [5, 5.41) is 14.0. The van der Waals surface area contributed by atoms with Crippen LogP contribution in [0.4, 0.5) is 22.0 Å². The van der Waals surface area contributed by atoms with Crippen LogP contribution in [0.3, 0.4) is 0 Å². The second-order valence-electron chi connectivity index (χ2n) is 8.10. The molecule has 5 heterocycles. The molecule has 34 heavy (non-hydrogen) atoms. The smallest absolute Gasteiger partial charge is 0.391 e. The van der Waals surface area contributed by atoms with Gasteiger partial charge in [-0.1, -0.05) is 0 Å². The van der Waals surface area contributed by atoms with E-state index in [4.69, 9.17) is 0 Å². The molecule has 1 unspecified atom stereocenters. The average Bonchev–Trinajstić information content (AvgIpc) is 3.33. The van der Waals surface area contributed by atoms with Gasteiger partial charge in [0.15, 0.2) is 11.5 Å². The van der Waals surface area contributed by atoms with E-state index in [-0.39, 0.29) is 40.2 Å². The van der Waals surface area contributed by atoms with Gasteiger partial charge < -0.3 is 10.0 Å². The third kappa shape index (κ3) is 3.95. The number of fused-ring (bicyclic) bond motifs is 2. The van der Waals surface area contributed by atoms with E-state index >= 15 is 0 Å². The highest BCUT2D eigenvalue weighted by Gasteiger charge is 2.31. The number of hydrogen-bond acceptors (Lipinski definition) is 5. The predicted octanol–water partition coefficient (Wildman–Crippen LogP) is 3.18. The van der Waals surface area contributed by atoms with Crippen LogP contribution in [0.5, 0.6) is 0 Å². The number of aromatic nitrogens is 5. The van der Waals surface area contributed by atoms with Gasteiger partial charge in [-0.3, -0.25) is 18.9 Å². The molecule has 0 radical (unpaired) electrons. The van der Waals surface area contributed by atoms with Crippen molar-refractivity contribution in [2.24, 2.45) is 0 Å². The largest absolute Gasteiger partial charge is 0.408 e. The number of pyridine rings is 2. The fourth-order valence-corrected chi connectivity index (χ4v) is 4.16. The van der Waals surface area contributed by atoms with Crippen LogP contribution in [0, 0.1) is 11.6 Å². The van der Waals surface area contributed by atoms with Crippen LogP contribution >= 0.6 is 0 Å². The minimum absolute atomic E-state index is 0.0309. The molecule has 4 aromatic rings. The van der Waals surface area contributed by atoms with Crippen molar-refractivity contribution >= 4 is 22.5 Å². The van der Waals surface area contributed by atoms with Gasteiger partial charge in [-0.05, 0) is 18.9 Å². The molecule has 1 N–H and O–H groups in total. The first kappa shape index (κ1) is 22.2. The molecule has 8 nitrogen and oxygen atoms in total. The Kier molecular flexibility index (Phi) is 5.23. The number of aliphatic hydroxyl groups is 1. The second-order valence-corrected chi connectivity index (χ2v) is 8.10. The van der Waals surface area contributed by atoms with Crippen LogP contribution in [-0.4, -0.2) is 65.4 Å². The lowest BCUT2D eigenvalue weighted by Gasteiger charge is -2.29. The van der Waals surface area contributed by atoms with Gasteiger partial charge in [0, 0.05) is 36.9 Å². The lowest BCUT2D eigenvalue weighted by Crippen LogP contribution is -2.42. The molecule has 1 aliphatic rings. The van der Waals surface area contributed by atoms with Gasteiger partial charge in [0.1, 0.15) is 23.7 Å². The number of likely N-dealkylation sites (tertiary alicyclic amines) is 1. The van der Waals surface area contributed by atoms with Crippen LogP contribution in [0.15, 0.2) is 30.7 Å². The first-order chi connectivity index (χ1) is 16.1. The summed E-state index contributed by atoms with van der Waals surface area (Å²) in [4.78, 5) is 22.3. The molecule has 0 aromatic carbocycles. The molecule has 0 aliphatic carbocycles. The molecule has 1 aliphatic heterocycles. The summed E-state index contributed by atoms with van der Waals surface area (Å²) < 4.78 is 69.5. The fourth-order valence-electron chi connectivity index (χ4n) is 4.16. The maximum atomic E-state index is 14.1. The molecule has 1 saturated heterocycles. The number of imidazole rings is 1. The lowest BCUT2D eigenvalue weighted by molar-refractivity contribution is -0.141. The number of nitrogens with zero attached hydrogens (tertiary/aromatic N) is 6. The maximum Gasteiger partial charge on any atom is 0.408 e. The number of alkyl halides is 3. The van der Waals surface area contributed by atoms with Gasteiger partial charge in [-0.15, -0.1) is 0 Å². The number of aliphatic hydroxyl groups excluding tert-OH is 1. The van der Waals surface area contributed by atoms with E-state index in [2.05, 4.69) is 15.1 Å². The molecule has 13 heteroatoms. The van der Waals surface area contributed by atoms with Crippen molar-refractivity contribution < 1.29 is 31.9 Å². The standard InChI is InChI=1S/C21H17F5N6O2/c22-11-4-14(23)19-28-7-17(31(19)8-11)18-13-6-27-15(20(34)30-3-1-2-12(33)9-30)5-16(13)32(29-18)10-21(24,25)26/h4-8,12,33H,1-3,9-10H2.